The highest BCUT2D eigenvalue weighted by Gasteiger charge is 2.29. The van der Waals surface area contributed by atoms with Crippen LogP contribution < -0.4 is 5.73 Å². The van der Waals surface area contributed by atoms with E-state index >= 15 is 0 Å². The van der Waals surface area contributed by atoms with Gasteiger partial charge in [0.25, 0.3) is 0 Å². The lowest BCUT2D eigenvalue weighted by molar-refractivity contribution is 0.271. The summed E-state index contributed by atoms with van der Waals surface area (Å²) < 4.78 is 26.5. The predicted octanol–water partition coefficient (Wildman–Crippen LogP) is 1.35. The standard InChI is InChI=1S/C13H20N2O2S/c1-11-4-6-13(7-5-11)18(16,17)15-8-2-3-12(9-14)10-15/h4-7,12H,2-3,8-10,14H2,1H3. The van der Waals surface area contributed by atoms with Gasteiger partial charge < -0.3 is 5.73 Å². The average Bonchev–Trinajstić information content (AvgIpc) is 2.39. The molecule has 5 heteroatoms. The van der Waals surface area contributed by atoms with Crippen LogP contribution in [0.5, 0.6) is 0 Å². The Labute approximate surface area is 109 Å². The lowest BCUT2D eigenvalue weighted by Crippen LogP contribution is -2.41. The normalized spacial score (nSPS) is 22.0. The van der Waals surface area contributed by atoms with E-state index in [2.05, 4.69) is 0 Å². The van der Waals surface area contributed by atoms with Gasteiger partial charge in [0.15, 0.2) is 0 Å². The summed E-state index contributed by atoms with van der Waals surface area (Å²) in [6, 6.07) is 7.02. The summed E-state index contributed by atoms with van der Waals surface area (Å²) in [6.45, 7) is 3.65. The number of nitrogens with zero attached hydrogens (tertiary/aromatic N) is 1. The minimum absolute atomic E-state index is 0.291. The van der Waals surface area contributed by atoms with Crippen LogP contribution in [-0.2, 0) is 10.0 Å². The van der Waals surface area contributed by atoms with Crippen LogP contribution in [0.25, 0.3) is 0 Å². The van der Waals surface area contributed by atoms with Crippen molar-refractivity contribution >= 4 is 10.0 Å². The second-order valence-corrected chi connectivity index (χ2v) is 6.86. The van der Waals surface area contributed by atoms with Gasteiger partial charge in [-0.2, -0.15) is 4.31 Å². The molecule has 1 aliphatic heterocycles. The zero-order valence-corrected chi connectivity index (χ0v) is 11.5. The molecule has 0 bridgehead atoms. The van der Waals surface area contributed by atoms with Gasteiger partial charge in [0.1, 0.15) is 0 Å². The van der Waals surface area contributed by atoms with Crippen molar-refractivity contribution in [3.05, 3.63) is 29.8 Å². The fourth-order valence-electron chi connectivity index (χ4n) is 2.30. The van der Waals surface area contributed by atoms with Crippen LogP contribution in [0.1, 0.15) is 18.4 Å². The summed E-state index contributed by atoms with van der Waals surface area (Å²) in [7, 11) is -3.34. The average molecular weight is 268 g/mol. The van der Waals surface area contributed by atoms with Crippen molar-refractivity contribution in [3.8, 4) is 0 Å². The van der Waals surface area contributed by atoms with Crippen LogP contribution in [0.15, 0.2) is 29.2 Å². The molecule has 4 nitrogen and oxygen atoms in total. The Bertz CT molecular complexity index is 496. The van der Waals surface area contributed by atoms with Gasteiger partial charge in [0.2, 0.25) is 10.0 Å². The van der Waals surface area contributed by atoms with Crippen LogP contribution in [-0.4, -0.2) is 32.4 Å². The van der Waals surface area contributed by atoms with E-state index < -0.39 is 10.0 Å². The van der Waals surface area contributed by atoms with E-state index in [4.69, 9.17) is 5.73 Å². The number of hydrogen-bond acceptors (Lipinski definition) is 3. The van der Waals surface area contributed by atoms with Gasteiger partial charge >= 0.3 is 0 Å². The summed E-state index contributed by atoms with van der Waals surface area (Å²) >= 11 is 0. The number of aryl methyl sites for hydroxylation is 1. The fourth-order valence-corrected chi connectivity index (χ4v) is 3.85. The first-order valence-electron chi connectivity index (χ1n) is 6.31. The van der Waals surface area contributed by atoms with E-state index in [1.54, 1.807) is 16.4 Å². The third-order valence-electron chi connectivity index (χ3n) is 3.47. The minimum Gasteiger partial charge on any atom is -0.330 e. The first kappa shape index (κ1) is 13.5. The zero-order chi connectivity index (χ0) is 13.2. The molecule has 0 spiro atoms. The lowest BCUT2D eigenvalue weighted by atomic mass is 10.0. The topological polar surface area (TPSA) is 63.4 Å². The molecule has 2 rings (SSSR count). The highest BCUT2D eigenvalue weighted by Crippen LogP contribution is 2.23. The Balaban J connectivity index is 2.22. The maximum absolute atomic E-state index is 12.4. The Morgan fingerprint density at radius 3 is 2.61 bits per heavy atom. The highest BCUT2D eigenvalue weighted by molar-refractivity contribution is 7.89. The van der Waals surface area contributed by atoms with Crippen molar-refractivity contribution < 1.29 is 8.42 Å². The molecule has 1 saturated heterocycles. The predicted molar refractivity (Wildman–Crippen MR) is 71.7 cm³/mol. The molecule has 0 radical (unpaired) electrons. The summed E-state index contributed by atoms with van der Waals surface area (Å²) in [6.07, 6.45) is 1.92. The molecule has 1 atom stereocenters. The number of piperidine rings is 1. The van der Waals surface area contributed by atoms with E-state index in [9.17, 15) is 8.42 Å². The summed E-state index contributed by atoms with van der Waals surface area (Å²) in [4.78, 5) is 0.380. The van der Waals surface area contributed by atoms with Gasteiger partial charge in [0, 0.05) is 13.1 Å². The number of benzene rings is 1. The maximum Gasteiger partial charge on any atom is 0.243 e. The summed E-state index contributed by atoms with van der Waals surface area (Å²) in [5.74, 6) is 0.291. The molecule has 0 saturated carbocycles. The highest BCUT2D eigenvalue weighted by atomic mass is 32.2. The van der Waals surface area contributed by atoms with E-state index in [1.807, 2.05) is 19.1 Å². The van der Waals surface area contributed by atoms with Crippen LogP contribution >= 0.6 is 0 Å². The molecule has 1 unspecified atom stereocenters. The molecular weight excluding hydrogens is 248 g/mol. The molecule has 1 fully saturated rings. The molecule has 0 amide bonds. The maximum atomic E-state index is 12.4. The third kappa shape index (κ3) is 2.74. The largest absolute Gasteiger partial charge is 0.330 e. The Hall–Kier alpha value is -0.910. The smallest absolute Gasteiger partial charge is 0.243 e. The van der Waals surface area contributed by atoms with Gasteiger partial charge in [-0.05, 0) is 44.4 Å². The number of nitrogens with two attached hydrogens (primary N) is 1. The van der Waals surface area contributed by atoms with Crippen LogP contribution in [0.2, 0.25) is 0 Å². The van der Waals surface area contributed by atoms with E-state index in [-0.39, 0.29) is 0 Å². The first-order chi connectivity index (χ1) is 8.54. The van der Waals surface area contributed by atoms with Crippen molar-refractivity contribution in [2.45, 2.75) is 24.7 Å². The monoisotopic (exact) mass is 268 g/mol. The SMILES string of the molecule is Cc1ccc(S(=O)(=O)N2CCCC(CN)C2)cc1. The number of sulfonamides is 1. The molecule has 18 heavy (non-hydrogen) atoms. The third-order valence-corrected chi connectivity index (χ3v) is 5.35. The molecule has 1 aromatic rings. The minimum atomic E-state index is -3.34. The zero-order valence-electron chi connectivity index (χ0n) is 10.7. The van der Waals surface area contributed by atoms with E-state index in [1.165, 1.54) is 0 Å². The summed E-state index contributed by atoms with van der Waals surface area (Å²) in [5, 5.41) is 0. The second kappa shape index (κ2) is 5.38. The molecule has 100 valence electrons. The van der Waals surface area contributed by atoms with Gasteiger partial charge in [-0.3, -0.25) is 0 Å². The molecule has 1 aromatic carbocycles. The quantitative estimate of drug-likeness (QED) is 0.900. The van der Waals surface area contributed by atoms with Crippen LogP contribution in [0.4, 0.5) is 0 Å². The molecule has 1 heterocycles. The Morgan fingerprint density at radius 1 is 1.33 bits per heavy atom. The lowest BCUT2D eigenvalue weighted by Gasteiger charge is -2.31. The summed E-state index contributed by atoms with van der Waals surface area (Å²) in [5.41, 5.74) is 6.71. The van der Waals surface area contributed by atoms with Crippen molar-refractivity contribution in [3.63, 3.8) is 0 Å². The van der Waals surface area contributed by atoms with Gasteiger partial charge in [-0.15, -0.1) is 0 Å². The number of rotatable bonds is 3. The van der Waals surface area contributed by atoms with E-state index in [0.29, 0.717) is 30.4 Å². The Kier molecular flexibility index (Phi) is 4.04. The van der Waals surface area contributed by atoms with Gasteiger partial charge in [-0.1, -0.05) is 17.7 Å². The fraction of sp³-hybridized carbons (Fsp3) is 0.538. The van der Waals surface area contributed by atoms with Gasteiger partial charge in [0.05, 0.1) is 4.90 Å². The van der Waals surface area contributed by atoms with E-state index in [0.717, 1.165) is 18.4 Å². The molecule has 1 aliphatic rings. The molecule has 2 N–H and O–H groups in total. The van der Waals surface area contributed by atoms with Crippen molar-refractivity contribution in [1.29, 1.82) is 0 Å². The second-order valence-electron chi connectivity index (χ2n) is 4.92. The Morgan fingerprint density at radius 2 is 2.00 bits per heavy atom. The molecule has 0 aliphatic carbocycles. The van der Waals surface area contributed by atoms with Crippen molar-refractivity contribution in [2.24, 2.45) is 11.7 Å². The van der Waals surface area contributed by atoms with Crippen molar-refractivity contribution in [2.75, 3.05) is 19.6 Å². The van der Waals surface area contributed by atoms with Crippen LogP contribution in [0, 0.1) is 12.8 Å². The van der Waals surface area contributed by atoms with Gasteiger partial charge in [-0.25, -0.2) is 8.42 Å². The van der Waals surface area contributed by atoms with Crippen LogP contribution in [0.3, 0.4) is 0 Å². The molecule has 0 aromatic heterocycles. The number of hydrogen-bond donors (Lipinski definition) is 1. The van der Waals surface area contributed by atoms with Crippen molar-refractivity contribution in [1.82, 2.24) is 4.31 Å². The first-order valence-corrected chi connectivity index (χ1v) is 7.75. The molecular formula is C13H20N2O2S.